The van der Waals surface area contributed by atoms with Gasteiger partial charge in [0.05, 0.1) is 7.11 Å². The Labute approximate surface area is 98.1 Å². The van der Waals surface area contributed by atoms with Crippen molar-refractivity contribution in [2.75, 3.05) is 12.4 Å². The van der Waals surface area contributed by atoms with E-state index in [0.29, 0.717) is 10.7 Å². The van der Waals surface area contributed by atoms with Gasteiger partial charge in [0.25, 0.3) is 0 Å². The minimum absolute atomic E-state index is 0.109. The number of ether oxygens (including phenoxy) is 1. The molecule has 0 fully saturated rings. The van der Waals surface area contributed by atoms with Crippen LogP contribution in [-0.4, -0.2) is 13.1 Å². The summed E-state index contributed by atoms with van der Waals surface area (Å²) in [6, 6.07) is 8.64. The lowest BCUT2D eigenvalue weighted by Crippen LogP contribution is -2.05. The molecule has 0 aliphatic rings. The van der Waals surface area contributed by atoms with Crippen molar-refractivity contribution in [3.05, 3.63) is 41.1 Å². The average molecular weight is 237 g/mol. The van der Waals surface area contributed by atoms with Gasteiger partial charge in [0.1, 0.15) is 6.07 Å². The maximum atomic E-state index is 11.1. The molecule has 1 aromatic carbocycles. The van der Waals surface area contributed by atoms with Gasteiger partial charge in [-0.2, -0.15) is 5.26 Å². The molecule has 4 nitrogen and oxygen atoms in total. The Morgan fingerprint density at radius 1 is 1.62 bits per heavy atom. The number of carbonyl (C=O) groups is 1. The zero-order chi connectivity index (χ0) is 12.0. The summed E-state index contributed by atoms with van der Waals surface area (Å²) in [5, 5.41) is 12.0. The van der Waals surface area contributed by atoms with Crippen LogP contribution in [0.1, 0.15) is 0 Å². The molecule has 0 aromatic heterocycles. The Bertz CT molecular complexity index is 463. The second kappa shape index (κ2) is 5.79. The molecule has 0 radical (unpaired) electrons. The number of anilines is 1. The lowest BCUT2D eigenvalue weighted by atomic mass is 10.3. The topological polar surface area (TPSA) is 62.1 Å². The van der Waals surface area contributed by atoms with E-state index in [1.165, 1.54) is 13.3 Å². The number of hydrogen-bond donors (Lipinski definition) is 1. The van der Waals surface area contributed by atoms with Crippen molar-refractivity contribution in [3.8, 4) is 6.07 Å². The number of nitrogens with zero attached hydrogens (tertiary/aromatic N) is 1. The summed E-state index contributed by atoms with van der Waals surface area (Å²) in [5.74, 6) is -0.683. The molecular formula is C11H9ClN2O2. The molecule has 0 bridgehead atoms. The minimum atomic E-state index is -0.683. The molecule has 0 spiro atoms. The smallest absolute Gasteiger partial charge is 0.350 e. The van der Waals surface area contributed by atoms with Crippen LogP contribution in [-0.2, 0) is 9.53 Å². The number of methoxy groups -OCH3 is 1. The largest absolute Gasteiger partial charge is 0.465 e. The summed E-state index contributed by atoms with van der Waals surface area (Å²) in [6.45, 7) is 0. The van der Waals surface area contributed by atoms with Gasteiger partial charge in [0.2, 0.25) is 0 Å². The van der Waals surface area contributed by atoms with Gasteiger partial charge in [-0.1, -0.05) is 17.7 Å². The van der Waals surface area contributed by atoms with Crippen molar-refractivity contribution >= 4 is 23.3 Å². The van der Waals surface area contributed by atoms with Crippen molar-refractivity contribution in [2.24, 2.45) is 0 Å². The van der Waals surface area contributed by atoms with E-state index < -0.39 is 5.97 Å². The van der Waals surface area contributed by atoms with E-state index in [4.69, 9.17) is 16.9 Å². The van der Waals surface area contributed by atoms with Crippen LogP contribution in [0.4, 0.5) is 5.69 Å². The zero-order valence-electron chi connectivity index (χ0n) is 8.53. The molecule has 1 aromatic rings. The summed E-state index contributed by atoms with van der Waals surface area (Å²) in [5.41, 5.74) is 0.576. The molecule has 82 valence electrons. The van der Waals surface area contributed by atoms with Gasteiger partial charge in [0, 0.05) is 16.9 Å². The van der Waals surface area contributed by atoms with Crippen LogP contribution in [0.15, 0.2) is 36.0 Å². The molecule has 0 unspecified atom stereocenters. The highest BCUT2D eigenvalue weighted by atomic mass is 35.5. The lowest BCUT2D eigenvalue weighted by molar-refractivity contribution is -0.135. The van der Waals surface area contributed by atoms with Crippen LogP contribution in [0.3, 0.4) is 0 Å². The third-order valence-corrected chi connectivity index (χ3v) is 1.97. The molecule has 0 saturated heterocycles. The number of esters is 1. The first-order chi connectivity index (χ1) is 7.67. The molecule has 1 rings (SSSR count). The lowest BCUT2D eigenvalue weighted by Gasteiger charge is -2.01. The van der Waals surface area contributed by atoms with Crippen LogP contribution in [0.5, 0.6) is 0 Å². The van der Waals surface area contributed by atoms with Crippen LogP contribution in [0.25, 0.3) is 0 Å². The average Bonchev–Trinajstić information content (AvgIpc) is 2.29. The van der Waals surface area contributed by atoms with Crippen LogP contribution >= 0.6 is 11.6 Å². The van der Waals surface area contributed by atoms with Crippen molar-refractivity contribution in [3.63, 3.8) is 0 Å². The number of nitriles is 1. The van der Waals surface area contributed by atoms with Gasteiger partial charge in [-0.3, -0.25) is 0 Å². The molecule has 16 heavy (non-hydrogen) atoms. The molecule has 1 N–H and O–H groups in total. The van der Waals surface area contributed by atoms with Crippen molar-refractivity contribution < 1.29 is 9.53 Å². The Morgan fingerprint density at radius 3 is 2.94 bits per heavy atom. The summed E-state index contributed by atoms with van der Waals surface area (Å²) in [4.78, 5) is 11.1. The first kappa shape index (κ1) is 12.1. The van der Waals surface area contributed by atoms with Gasteiger partial charge >= 0.3 is 5.97 Å². The Hall–Kier alpha value is -1.99. The second-order valence-corrected chi connectivity index (χ2v) is 3.25. The normalized spacial score (nSPS) is 10.4. The SMILES string of the molecule is COC(=O)/C(C#N)=C/Nc1cccc(Cl)c1. The first-order valence-corrected chi connectivity index (χ1v) is 4.76. The predicted octanol–water partition coefficient (Wildman–Crippen LogP) is 2.33. The van der Waals surface area contributed by atoms with E-state index in [0.717, 1.165) is 0 Å². The van der Waals surface area contributed by atoms with Crippen molar-refractivity contribution in [2.45, 2.75) is 0 Å². The number of halogens is 1. The number of rotatable bonds is 3. The summed E-state index contributed by atoms with van der Waals surface area (Å²) in [6.07, 6.45) is 1.28. The van der Waals surface area contributed by atoms with Crippen molar-refractivity contribution in [1.82, 2.24) is 0 Å². The number of carbonyl (C=O) groups excluding carboxylic acids is 1. The van der Waals surface area contributed by atoms with E-state index in [1.807, 2.05) is 0 Å². The van der Waals surface area contributed by atoms with Gasteiger partial charge in [0.15, 0.2) is 5.57 Å². The first-order valence-electron chi connectivity index (χ1n) is 4.38. The van der Waals surface area contributed by atoms with Crippen LogP contribution < -0.4 is 5.32 Å². The van der Waals surface area contributed by atoms with E-state index in [-0.39, 0.29) is 5.57 Å². The maximum absolute atomic E-state index is 11.1. The number of nitrogens with one attached hydrogen (secondary N) is 1. The Kier molecular flexibility index (Phi) is 4.37. The molecule has 0 atom stereocenters. The zero-order valence-corrected chi connectivity index (χ0v) is 9.28. The highest BCUT2D eigenvalue weighted by Gasteiger charge is 2.07. The van der Waals surface area contributed by atoms with E-state index >= 15 is 0 Å². The number of benzene rings is 1. The van der Waals surface area contributed by atoms with Gasteiger partial charge in [-0.05, 0) is 18.2 Å². The maximum Gasteiger partial charge on any atom is 0.350 e. The third-order valence-electron chi connectivity index (χ3n) is 1.73. The fourth-order valence-electron chi connectivity index (χ4n) is 0.981. The van der Waals surface area contributed by atoms with Gasteiger partial charge < -0.3 is 10.1 Å². The summed E-state index contributed by atoms with van der Waals surface area (Å²) >= 11 is 5.77. The fourth-order valence-corrected chi connectivity index (χ4v) is 1.17. The third kappa shape index (κ3) is 3.30. The molecular weight excluding hydrogens is 228 g/mol. The van der Waals surface area contributed by atoms with Crippen LogP contribution in [0, 0.1) is 11.3 Å². The van der Waals surface area contributed by atoms with E-state index in [2.05, 4.69) is 10.1 Å². The quantitative estimate of drug-likeness (QED) is 0.497. The second-order valence-electron chi connectivity index (χ2n) is 2.82. The van der Waals surface area contributed by atoms with E-state index in [9.17, 15) is 4.79 Å². The summed E-state index contributed by atoms with van der Waals surface area (Å²) < 4.78 is 4.42. The van der Waals surface area contributed by atoms with Gasteiger partial charge in [-0.25, -0.2) is 4.79 Å². The highest BCUT2D eigenvalue weighted by Crippen LogP contribution is 2.15. The monoisotopic (exact) mass is 236 g/mol. The van der Waals surface area contributed by atoms with Crippen LogP contribution in [0.2, 0.25) is 5.02 Å². The molecule has 0 aliphatic heterocycles. The molecule has 0 saturated carbocycles. The highest BCUT2D eigenvalue weighted by molar-refractivity contribution is 6.30. The van der Waals surface area contributed by atoms with Gasteiger partial charge in [-0.15, -0.1) is 0 Å². The van der Waals surface area contributed by atoms with Crippen molar-refractivity contribution in [1.29, 1.82) is 5.26 Å². The number of hydrogen-bond acceptors (Lipinski definition) is 4. The Balaban J connectivity index is 2.79. The standard InChI is InChI=1S/C11H9ClN2O2/c1-16-11(15)8(6-13)7-14-10-4-2-3-9(12)5-10/h2-5,7,14H,1H3/b8-7+. The fraction of sp³-hybridized carbons (Fsp3) is 0.0909. The summed E-state index contributed by atoms with van der Waals surface area (Å²) in [7, 11) is 1.22. The minimum Gasteiger partial charge on any atom is -0.465 e. The predicted molar refractivity (Wildman–Crippen MR) is 60.8 cm³/mol. The molecule has 0 heterocycles. The Morgan fingerprint density at radius 2 is 2.38 bits per heavy atom. The molecule has 5 heteroatoms. The molecule has 0 aliphatic carbocycles. The molecule has 0 amide bonds. The van der Waals surface area contributed by atoms with E-state index in [1.54, 1.807) is 30.3 Å².